The summed E-state index contributed by atoms with van der Waals surface area (Å²) in [6.45, 7) is 2.54. The number of methoxy groups -OCH3 is 1. The van der Waals surface area contributed by atoms with Crippen molar-refractivity contribution < 1.29 is 17.9 Å². The predicted octanol–water partition coefficient (Wildman–Crippen LogP) is 2.56. The molecule has 2 aromatic heterocycles. The molecule has 0 spiro atoms. The van der Waals surface area contributed by atoms with E-state index in [1.165, 1.54) is 13.3 Å². The summed E-state index contributed by atoms with van der Waals surface area (Å²) in [5, 5.41) is 0. The second kappa shape index (κ2) is 8.87. The van der Waals surface area contributed by atoms with Crippen LogP contribution in [-0.4, -0.2) is 57.1 Å². The van der Waals surface area contributed by atoms with Gasteiger partial charge in [0.1, 0.15) is 10.6 Å². The minimum absolute atomic E-state index is 0.0598. The second-order valence-corrected chi connectivity index (χ2v) is 9.52. The number of hydrogen-bond acceptors (Lipinski definition) is 7. The summed E-state index contributed by atoms with van der Waals surface area (Å²) >= 11 is 0. The van der Waals surface area contributed by atoms with E-state index in [2.05, 4.69) is 26.6 Å². The Morgan fingerprint density at radius 2 is 2.07 bits per heavy atom. The van der Waals surface area contributed by atoms with Crippen LogP contribution in [0.1, 0.15) is 42.3 Å². The molecule has 2 aliphatic rings. The van der Waals surface area contributed by atoms with E-state index in [0.29, 0.717) is 5.69 Å². The van der Waals surface area contributed by atoms with Crippen molar-refractivity contribution in [3.63, 3.8) is 0 Å². The summed E-state index contributed by atoms with van der Waals surface area (Å²) in [7, 11) is -0.256. The first-order valence-corrected chi connectivity index (χ1v) is 11.8. The molecular formula is C21H28N4O4S. The lowest BCUT2D eigenvalue weighted by atomic mass is 10.1. The van der Waals surface area contributed by atoms with E-state index in [1.54, 1.807) is 12.1 Å². The van der Waals surface area contributed by atoms with Crippen molar-refractivity contribution in [1.82, 2.24) is 14.9 Å². The lowest BCUT2D eigenvalue weighted by molar-refractivity contribution is 0.0123. The minimum Gasteiger partial charge on any atom is -0.479 e. The first-order valence-electron chi connectivity index (χ1n) is 10.3. The van der Waals surface area contributed by atoms with Crippen molar-refractivity contribution in [3.8, 4) is 5.88 Å². The maximum Gasteiger partial charge on any atom is 0.263 e. The van der Waals surface area contributed by atoms with Crippen LogP contribution in [0, 0.1) is 0 Å². The summed E-state index contributed by atoms with van der Waals surface area (Å²) < 4.78 is 39.7. The Balaban J connectivity index is 1.57. The van der Waals surface area contributed by atoms with Crippen LogP contribution in [0.25, 0.3) is 0 Å². The number of likely N-dealkylation sites (N-methyl/N-ethyl adjacent to an activating group) is 1. The molecule has 0 bridgehead atoms. The van der Waals surface area contributed by atoms with Gasteiger partial charge in [0.2, 0.25) is 5.88 Å². The number of anilines is 1. The summed E-state index contributed by atoms with van der Waals surface area (Å²) in [5.74, 6) is 0.280. The number of aromatic nitrogens is 2. The Kier molecular flexibility index (Phi) is 6.21. The lowest BCUT2D eigenvalue weighted by Gasteiger charge is -2.22. The van der Waals surface area contributed by atoms with E-state index in [9.17, 15) is 8.42 Å². The van der Waals surface area contributed by atoms with Gasteiger partial charge in [-0.25, -0.2) is 13.4 Å². The van der Waals surface area contributed by atoms with E-state index in [4.69, 9.17) is 9.47 Å². The summed E-state index contributed by atoms with van der Waals surface area (Å²) in [4.78, 5) is 11.3. The van der Waals surface area contributed by atoms with Crippen molar-refractivity contribution in [1.29, 1.82) is 0 Å². The highest BCUT2D eigenvalue weighted by Gasteiger charge is 2.23. The molecule has 2 aromatic rings. The Bertz CT molecular complexity index is 989. The van der Waals surface area contributed by atoms with Gasteiger partial charge in [-0.15, -0.1) is 0 Å². The zero-order valence-corrected chi connectivity index (χ0v) is 18.2. The van der Waals surface area contributed by atoms with Crippen LogP contribution in [0.4, 0.5) is 5.69 Å². The van der Waals surface area contributed by atoms with E-state index in [0.717, 1.165) is 68.8 Å². The SMILES string of the molecule is COc1nc2c(cc1NS(=O)(=O)c1ccc([C@H]3CCCCO3)nc1)CCN(C)CC2. The molecule has 162 valence electrons. The molecule has 2 aliphatic heterocycles. The number of hydrogen-bond donors (Lipinski definition) is 1. The molecule has 1 N–H and O–H groups in total. The smallest absolute Gasteiger partial charge is 0.263 e. The first kappa shape index (κ1) is 21.0. The summed E-state index contributed by atoms with van der Waals surface area (Å²) in [6, 6.07) is 5.14. The second-order valence-electron chi connectivity index (χ2n) is 7.83. The van der Waals surface area contributed by atoms with Gasteiger partial charge in [0.15, 0.2) is 0 Å². The number of nitrogens with one attached hydrogen (secondary N) is 1. The molecule has 0 radical (unpaired) electrons. The lowest BCUT2D eigenvalue weighted by Crippen LogP contribution is -2.20. The number of nitrogens with zero attached hydrogens (tertiary/aromatic N) is 3. The fraction of sp³-hybridized carbons (Fsp3) is 0.524. The number of ether oxygens (including phenoxy) is 2. The topological polar surface area (TPSA) is 93.6 Å². The summed E-state index contributed by atoms with van der Waals surface area (Å²) in [5.41, 5.74) is 3.11. The third-order valence-electron chi connectivity index (χ3n) is 5.67. The quantitative estimate of drug-likeness (QED) is 0.776. The molecule has 1 saturated heterocycles. The van der Waals surface area contributed by atoms with Gasteiger partial charge in [0, 0.05) is 38.0 Å². The Morgan fingerprint density at radius 3 is 2.77 bits per heavy atom. The molecule has 0 unspecified atom stereocenters. The highest BCUT2D eigenvalue weighted by molar-refractivity contribution is 7.92. The van der Waals surface area contributed by atoms with Crippen LogP contribution in [0.15, 0.2) is 29.3 Å². The van der Waals surface area contributed by atoms with Crippen molar-refractivity contribution >= 4 is 15.7 Å². The normalized spacial score (nSPS) is 20.3. The van der Waals surface area contributed by atoms with Gasteiger partial charge in [-0.05, 0) is 56.5 Å². The molecule has 9 heteroatoms. The van der Waals surface area contributed by atoms with Gasteiger partial charge in [-0.3, -0.25) is 9.71 Å². The van der Waals surface area contributed by atoms with Crippen LogP contribution in [-0.2, 0) is 27.6 Å². The molecule has 1 atom stereocenters. The van der Waals surface area contributed by atoms with Crippen molar-refractivity contribution in [2.24, 2.45) is 0 Å². The van der Waals surface area contributed by atoms with Gasteiger partial charge < -0.3 is 14.4 Å². The standard InChI is InChI=1S/C21H28N4O4S/c1-25-10-8-15-13-19(21(28-2)23-17(15)9-11-25)24-30(26,27)16-6-7-18(22-14-16)20-5-3-4-12-29-20/h6-7,13-14,20,24H,3-5,8-12H2,1-2H3/t20-/m1/s1. The van der Waals surface area contributed by atoms with E-state index in [-0.39, 0.29) is 16.9 Å². The third kappa shape index (κ3) is 4.58. The van der Waals surface area contributed by atoms with Crippen molar-refractivity contribution in [2.75, 3.05) is 38.6 Å². The average molecular weight is 433 g/mol. The van der Waals surface area contributed by atoms with E-state index >= 15 is 0 Å². The molecule has 0 amide bonds. The van der Waals surface area contributed by atoms with Gasteiger partial charge in [0.05, 0.1) is 18.9 Å². The number of rotatable bonds is 5. The van der Waals surface area contributed by atoms with Gasteiger partial charge in [-0.1, -0.05) is 0 Å². The van der Waals surface area contributed by atoms with Crippen LogP contribution in [0.2, 0.25) is 0 Å². The maximum absolute atomic E-state index is 13.0. The van der Waals surface area contributed by atoms with Gasteiger partial charge in [0.25, 0.3) is 10.0 Å². The zero-order valence-electron chi connectivity index (χ0n) is 17.4. The number of pyridine rings is 2. The van der Waals surface area contributed by atoms with E-state index < -0.39 is 10.0 Å². The fourth-order valence-corrected chi connectivity index (χ4v) is 4.87. The number of fused-ring (bicyclic) bond motifs is 1. The molecule has 0 aromatic carbocycles. The number of sulfonamides is 1. The third-order valence-corrected chi connectivity index (χ3v) is 7.02. The Labute approximate surface area is 177 Å². The van der Waals surface area contributed by atoms with Crippen LogP contribution in [0.3, 0.4) is 0 Å². The monoisotopic (exact) mass is 432 g/mol. The molecule has 0 aliphatic carbocycles. The summed E-state index contributed by atoms with van der Waals surface area (Å²) in [6.07, 6.45) is 6.00. The van der Waals surface area contributed by atoms with E-state index in [1.807, 2.05) is 6.07 Å². The fourth-order valence-electron chi connectivity index (χ4n) is 3.87. The maximum atomic E-state index is 13.0. The van der Waals surface area contributed by atoms with Crippen LogP contribution in [0.5, 0.6) is 5.88 Å². The molecule has 4 rings (SSSR count). The zero-order chi connectivity index (χ0) is 21.1. The molecule has 1 fully saturated rings. The average Bonchev–Trinajstić information content (AvgIpc) is 2.95. The molecule has 0 saturated carbocycles. The molecule has 30 heavy (non-hydrogen) atoms. The minimum atomic E-state index is -3.82. The molecule has 8 nitrogen and oxygen atoms in total. The van der Waals surface area contributed by atoms with Crippen molar-refractivity contribution in [2.45, 2.75) is 43.1 Å². The highest BCUT2D eigenvalue weighted by atomic mass is 32.2. The Hall–Kier alpha value is -2.23. The first-order chi connectivity index (χ1) is 14.5. The van der Waals surface area contributed by atoms with Gasteiger partial charge in [-0.2, -0.15) is 0 Å². The Morgan fingerprint density at radius 1 is 1.23 bits per heavy atom. The molecular weight excluding hydrogens is 404 g/mol. The van der Waals surface area contributed by atoms with Crippen LogP contribution >= 0.6 is 0 Å². The molecule has 4 heterocycles. The van der Waals surface area contributed by atoms with Crippen molar-refractivity contribution in [3.05, 3.63) is 41.3 Å². The predicted molar refractivity (Wildman–Crippen MR) is 113 cm³/mol. The largest absolute Gasteiger partial charge is 0.479 e. The van der Waals surface area contributed by atoms with Crippen LogP contribution < -0.4 is 9.46 Å². The highest BCUT2D eigenvalue weighted by Crippen LogP contribution is 2.30. The van der Waals surface area contributed by atoms with Gasteiger partial charge >= 0.3 is 0 Å².